The van der Waals surface area contributed by atoms with Gasteiger partial charge >= 0.3 is 0 Å². The van der Waals surface area contributed by atoms with Crippen LogP contribution in [-0.2, 0) is 19.4 Å². The van der Waals surface area contributed by atoms with E-state index in [-0.39, 0.29) is 0 Å². The van der Waals surface area contributed by atoms with Crippen molar-refractivity contribution >= 4 is 11.6 Å². The second kappa shape index (κ2) is 6.50. The molecule has 0 aliphatic carbocycles. The van der Waals surface area contributed by atoms with Gasteiger partial charge in [0.2, 0.25) is 0 Å². The fourth-order valence-electron chi connectivity index (χ4n) is 2.89. The van der Waals surface area contributed by atoms with Gasteiger partial charge in [-0.05, 0) is 53.8 Å². The second-order valence-electron chi connectivity index (χ2n) is 5.54. The number of benzene rings is 2. The first-order valence-corrected chi connectivity index (χ1v) is 7.75. The topological polar surface area (TPSA) is 12.5 Å². The van der Waals surface area contributed by atoms with Crippen LogP contribution in [0.1, 0.15) is 16.7 Å². The van der Waals surface area contributed by atoms with Crippen molar-refractivity contribution in [2.45, 2.75) is 19.4 Å². The summed E-state index contributed by atoms with van der Waals surface area (Å²) in [5.41, 5.74) is 4.16. The van der Waals surface area contributed by atoms with E-state index in [1.165, 1.54) is 16.7 Å². The fourth-order valence-corrected chi connectivity index (χ4v) is 3.10. The monoisotopic (exact) mass is 301 g/mol. The van der Waals surface area contributed by atoms with Gasteiger partial charge in [-0.1, -0.05) is 29.8 Å². The van der Waals surface area contributed by atoms with Gasteiger partial charge in [-0.2, -0.15) is 0 Å². The van der Waals surface area contributed by atoms with E-state index in [0.717, 1.165) is 43.2 Å². The van der Waals surface area contributed by atoms with E-state index in [9.17, 15) is 0 Å². The fraction of sp³-hybridized carbons (Fsp3) is 0.333. The van der Waals surface area contributed by atoms with Crippen molar-refractivity contribution in [1.29, 1.82) is 0 Å². The zero-order chi connectivity index (χ0) is 14.7. The maximum Gasteiger partial charge on any atom is 0.119 e. The van der Waals surface area contributed by atoms with Crippen molar-refractivity contribution in [3.8, 4) is 5.75 Å². The van der Waals surface area contributed by atoms with Gasteiger partial charge < -0.3 is 4.74 Å². The quantitative estimate of drug-likeness (QED) is 0.848. The average Bonchev–Trinajstić information content (AvgIpc) is 2.52. The van der Waals surface area contributed by atoms with E-state index in [4.69, 9.17) is 16.3 Å². The maximum atomic E-state index is 6.04. The molecule has 21 heavy (non-hydrogen) atoms. The summed E-state index contributed by atoms with van der Waals surface area (Å²) in [5, 5.41) is 0.823. The van der Waals surface area contributed by atoms with Crippen molar-refractivity contribution in [1.82, 2.24) is 4.90 Å². The highest BCUT2D eigenvalue weighted by molar-refractivity contribution is 6.30. The summed E-state index contributed by atoms with van der Waals surface area (Å²) in [6.45, 7) is 3.21. The number of methoxy groups -OCH3 is 1. The minimum atomic E-state index is 0.823. The standard InChI is InChI=1S/C18H20ClNO/c1-21-18-6-5-16-13-20(10-8-15(16)12-18)9-7-14-3-2-4-17(19)11-14/h2-6,11-12H,7-10,13H2,1H3. The highest BCUT2D eigenvalue weighted by Crippen LogP contribution is 2.24. The molecule has 2 aromatic carbocycles. The molecule has 0 saturated carbocycles. The zero-order valence-corrected chi connectivity index (χ0v) is 13.1. The van der Waals surface area contributed by atoms with Gasteiger partial charge in [0.1, 0.15) is 5.75 Å². The molecule has 3 rings (SSSR count). The highest BCUT2D eigenvalue weighted by Gasteiger charge is 2.16. The van der Waals surface area contributed by atoms with Crippen LogP contribution < -0.4 is 4.74 Å². The van der Waals surface area contributed by atoms with Gasteiger partial charge in [0.25, 0.3) is 0 Å². The molecular formula is C18H20ClNO. The molecule has 2 nitrogen and oxygen atoms in total. The Balaban J connectivity index is 1.61. The lowest BCUT2D eigenvalue weighted by molar-refractivity contribution is 0.257. The van der Waals surface area contributed by atoms with Crippen LogP contribution in [0.25, 0.3) is 0 Å². The van der Waals surface area contributed by atoms with Crippen LogP contribution in [0.2, 0.25) is 5.02 Å². The van der Waals surface area contributed by atoms with Crippen molar-refractivity contribution in [2.24, 2.45) is 0 Å². The van der Waals surface area contributed by atoms with Crippen molar-refractivity contribution < 1.29 is 4.74 Å². The Morgan fingerprint density at radius 3 is 2.86 bits per heavy atom. The zero-order valence-electron chi connectivity index (χ0n) is 12.3. The number of hydrogen-bond donors (Lipinski definition) is 0. The van der Waals surface area contributed by atoms with Gasteiger partial charge in [0.05, 0.1) is 7.11 Å². The molecule has 110 valence electrons. The Labute approximate surface area is 131 Å². The van der Waals surface area contributed by atoms with Crippen LogP contribution in [0.3, 0.4) is 0 Å². The maximum absolute atomic E-state index is 6.04. The lowest BCUT2D eigenvalue weighted by Crippen LogP contribution is -2.32. The van der Waals surface area contributed by atoms with E-state index in [2.05, 4.69) is 35.2 Å². The van der Waals surface area contributed by atoms with E-state index in [0.29, 0.717) is 0 Å². The molecule has 1 aliphatic rings. The van der Waals surface area contributed by atoms with Crippen LogP contribution in [0.15, 0.2) is 42.5 Å². The highest BCUT2D eigenvalue weighted by atomic mass is 35.5. The average molecular weight is 302 g/mol. The predicted molar refractivity (Wildman–Crippen MR) is 87.1 cm³/mol. The molecule has 0 spiro atoms. The summed E-state index contributed by atoms with van der Waals surface area (Å²) in [7, 11) is 1.72. The molecule has 0 amide bonds. The number of halogens is 1. The molecule has 0 atom stereocenters. The minimum absolute atomic E-state index is 0.823. The Hall–Kier alpha value is -1.51. The molecule has 0 saturated heterocycles. The second-order valence-corrected chi connectivity index (χ2v) is 5.98. The van der Waals surface area contributed by atoms with Crippen molar-refractivity contribution in [3.05, 3.63) is 64.2 Å². The molecular weight excluding hydrogens is 282 g/mol. The molecule has 0 bridgehead atoms. The van der Waals surface area contributed by atoms with Crippen molar-refractivity contribution in [3.63, 3.8) is 0 Å². The van der Waals surface area contributed by atoms with E-state index >= 15 is 0 Å². The van der Waals surface area contributed by atoms with Crippen LogP contribution in [0.4, 0.5) is 0 Å². The van der Waals surface area contributed by atoms with E-state index in [1.807, 2.05) is 12.1 Å². The Morgan fingerprint density at radius 1 is 1.14 bits per heavy atom. The summed E-state index contributed by atoms with van der Waals surface area (Å²) in [6, 6.07) is 14.6. The smallest absolute Gasteiger partial charge is 0.119 e. The lowest BCUT2D eigenvalue weighted by atomic mass is 9.99. The molecule has 0 radical (unpaired) electrons. The van der Waals surface area contributed by atoms with E-state index in [1.54, 1.807) is 7.11 Å². The molecule has 1 heterocycles. The minimum Gasteiger partial charge on any atom is -0.497 e. The van der Waals surface area contributed by atoms with Crippen LogP contribution in [0, 0.1) is 0 Å². The van der Waals surface area contributed by atoms with Gasteiger partial charge in [0, 0.05) is 24.7 Å². The number of rotatable bonds is 4. The first kappa shape index (κ1) is 14.4. The molecule has 0 aromatic heterocycles. The molecule has 0 unspecified atom stereocenters. The number of ether oxygens (including phenoxy) is 1. The summed E-state index contributed by atoms with van der Waals surface area (Å²) in [6.07, 6.45) is 2.15. The Kier molecular flexibility index (Phi) is 4.47. The normalized spacial score (nSPS) is 14.8. The van der Waals surface area contributed by atoms with Crippen LogP contribution >= 0.6 is 11.6 Å². The largest absolute Gasteiger partial charge is 0.497 e. The summed E-state index contributed by atoms with van der Waals surface area (Å²) >= 11 is 6.04. The predicted octanol–water partition coefficient (Wildman–Crippen LogP) is 3.95. The van der Waals surface area contributed by atoms with Crippen LogP contribution in [0.5, 0.6) is 5.75 Å². The third kappa shape index (κ3) is 3.58. The van der Waals surface area contributed by atoms with Gasteiger partial charge in [0.15, 0.2) is 0 Å². The van der Waals surface area contributed by atoms with Gasteiger partial charge in [-0.3, -0.25) is 4.90 Å². The van der Waals surface area contributed by atoms with E-state index < -0.39 is 0 Å². The molecule has 3 heteroatoms. The van der Waals surface area contributed by atoms with Gasteiger partial charge in [-0.15, -0.1) is 0 Å². The summed E-state index contributed by atoms with van der Waals surface area (Å²) in [4.78, 5) is 2.51. The number of hydrogen-bond acceptors (Lipinski definition) is 2. The Morgan fingerprint density at radius 2 is 2.05 bits per heavy atom. The first-order chi connectivity index (χ1) is 10.2. The number of fused-ring (bicyclic) bond motifs is 1. The molecule has 1 aliphatic heterocycles. The SMILES string of the molecule is COc1ccc2c(c1)CCN(CCc1cccc(Cl)c1)C2. The third-order valence-electron chi connectivity index (χ3n) is 4.11. The molecule has 2 aromatic rings. The van der Waals surface area contributed by atoms with Crippen molar-refractivity contribution in [2.75, 3.05) is 20.2 Å². The molecule has 0 fully saturated rings. The summed E-state index contributed by atoms with van der Waals surface area (Å²) in [5.74, 6) is 0.959. The third-order valence-corrected chi connectivity index (χ3v) is 4.35. The summed E-state index contributed by atoms with van der Waals surface area (Å²) < 4.78 is 5.30. The Bertz CT molecular complexity index is 626. The van der Waals surface area contributed by atoms with Crippen LogP contribution in [-0.4, -0.2) is 25.1 Å². The molecule has 0 N–H and O–H groups in total. The lowest BCUT2D eigenvalue weighted by Gasteiger charge is -2.29. The first-order valence-electron chi connectivity index (χ1n) is 7.37. The van der Waals surface area contributed by atoms with Gasteiger partial charge in [-0.25, -0.2) is 0 Å². The number of nitrogens with zero attached hydrogens (tertiary/aromatic N) is 1.